The molecule has 0 radical (unpaired) electrons. The third-order valence-electron chi connectivity index (χ3n) is 3.12. The van der Waals surface area contributed by atoms with E-state index >= 15 is 0 Å². The van der Waals surface area contributed by atoms with Gasteiger partial charge in [-0.25, -0.2) is 4.98 Å². The fourth-order valence-electron chi connectivity index (χ4n) is 2.04. The molecule has 6 nitrogen and oxygen atoms in total. The van der Waals surface area contributed by atoms with Crippen LogP contribution in [0.2, 0.25) is 0 Å². The van der Waals surface area contributed by atoms with Gasteiger partial charge in [0.05, 0.1) is 6.33 Å². The minimum absolute atomic E-state index is 0.124. The molecule has 0 amide bonds. The second-order valence-corrected chi connectivity index (χ2v) is 4.45. The molecular formula is C12H19N5O. The topological polar surface area (TPSA) is 64.3 Å². The average molecular weight is 249 g/mol. The molecule has 6 heteroatoms. The van der Waals surface area contributed by atoms with E-state index in [0.29, 0.717) is 6.42 Å². The fraction of sp³-hybridized carbons (Fsp3) is 0.500. The van der Waals surface area contributed by atoms with Crippen molar-refractivity contribution in [3.63, 3.8) is 0 Å². The van der Waals surface area contributed by atoms with E-state index in [2.05, 4.69) is 22.4 Å². The van der Waals surface area contributed by atoms with Crippen molar-refractivity contribution in [3.8, 4) is 0 Å². The molecule has 0 fully saturated rings. The lowest BCUT2D eigenvalue weighted by atomic mass is 10.1. The van der Waals surface area contributed by atoms with E-state index < -0.39 is 0 Å². The molecular weight excluding hydrogens is 230 g/mol. The zero-order valence-electron chi connectivity index (χ0n) is 11.0. The lowest BCUT2D eigenvalue weighted by Crippen LogP contribution is -2.47. The summed E-state index contributed by atoms with van der Waals surface area (Å²) in [6.07, 6.45) is 6.91. The number of carbonyl (C=O) groups is 1. The Bertz CT molecular complexity index is 439. The predicted molar refractivity (Wildman–Crippen MR) is 67.9 cm³/mol. The van der Waals surface area contributed by atoms with Gasteiger partial charge in [-0.1, -0.05) is 6.92 Å². The lowest BCUT2D eigenvalue weighted by Gasteiger charge is -2.27. The molecule has 1 aromatic heterocycles. The van der Waals surface area contributed by atoms with Gasteiger partial charge in [-0.15, -0.1) is 5.53 Å². The first-order valence-electron chi connectivity index (χ1n) is 6.08. The number of allylic oxidation sites excluding steroid dienone is 1. The maximum atomic E-state index is 11.8. The zero-order chi connectivity index (χ0) is 13.1. The number of nitrogens with zero attached hydrogens (tertiary/aromatic N) is 3. The molecule has 98 valence electrons. The summed E-state index contributed by atoms with van der Waals surface area (Å²) in [6, 6.07) is -0.225. The Morgan fingerprint density at radius 1 is 1.56 bits per heavy atom. The Balaban J connectivity index is 2.12. The highest BCUT2D eigenvalue weighted by Gasteiger charge is 2.27. The van der Waals surface area contributed by atoms with E-state index in [-0.39, 0.29) is 11.8 Å². The van der Waals surface area contributed by atoms with Crippen LogP contribution >= 0.6 is 0 Å². The molecule has 1 aliphatic heterocycles. The van der Waals surface area contributed by atoms with Crippen LogP contribution in [0.1, 0.15) is 26.0 Å². The Labute approximate surface area is 107 Å². The number of Topliss-reactive ketones (excluding diaryl/α,β-unsaturated/α-hetero) is 1. The second-order valence-electron chi connectivity index (χ2n) is 4.45. The van der Waals surface area contributed by atoms with Gasteiger partial charge in [0.15, 0.2) is 5.78 Å². The van der Waals surface area contributed by atoms with Crippen molar-refractivity contribution >= 4 is 5.78 Å². The number of rotatable bonds is 5. The van der Waals surface area contributed by atoms with Gasteiger partial charge < -0.3 is 4.98 Å². The maximum Gasteiger partial charge on any atom is 0.154 e. The average Bonchev–Trinajstić information content (AvgIpc) is 2.94. The van der Waals surface area contributed by atoms with Crippen molar-refractivity contribution in [1.29, 1.82) is 0 Å². The van der Waals surface area contributed by atoms with Crippen molar-refractivity contribution < 1.29 is 4.79 Å². The molecule has 0 unspecified atom stereocenters. The Hall–Kier alpha value is -1.82. The molecule has 18 heavy (non-hydrogen) atoms. The van der Waals surface area contributed by atoms with Gasteiger partial charge in [-0.2, -0.15) is 0 Å². The van der Waals surface area contributed by atoms with E-state index in [1.807, 2.05) is 23.3 Å². The molecule has 0 aromatic carbocycles. The number of ketones is 1. The highest BCUT2D eigenvalue weighted by atomic mass is 16.1. The normalized spacial score (nSPS) is 16.9. The molecule has 2 N–H and O–H groups in total. The number of aromatic nitrogens is 2. The molecule has 2 heterocycles. The van der Waals surface area contributed by atoms with Crippen molar-refractivity contribution in [2.24, 2.45) is 0 Å². The molecule has 0 saturated carbocycles. The molecule has 0 aliphatic carbocycles. The van der Waals surface area contributed by atoms with Gasteiger partial charge >= 0.3 is 0 Å². The number of nitrogens with one attached hydrogen (secondary N) is 2. The quantitative estimate of drug-likeness (QED) is 0.809. The molecule has 0 bridgehead atoms. The number of carbonyl (C=O) groups excluding carboxylic acids is 1. The highest BCUT2D eigenvalue weighted by Crippen LogP contribution is 2.17. The summed E-state index contributed by atoms with van der Waals surface area (Å²) in [5.74, 6) is 0.124. The standard InChI is InChI=1S/C12H19N5O/c1-4-11-7-17(15-16(11)3)12(9(2)18)5-10-6-13-8-14-10/h6-8,12,15H,4-5H2,1-3H3,(H,13,14)/t12-/m0/s1. The van der Waals surface area contributed by atoms with Crippen molar-refractivity contribution in [2.75, 3.05) is 7.05 Å². The number of H-pyrrole nitrogens is 1. The van der Waals surface area contributed by atoms with Gasteiger partial charge in [0.25, 0.3) is 0 Å². The molecule has 0 saturated heterocycles. The van der Waals surface area contributed by atoms with Crippen LogP contribution in [0.3, 0.4) is 0 Å². The van der Waals surface area contributed by atoms with E-state index in [9.17, 15) is 4.79 Å². The number of hydrogen-bond donors (Lipinski definition) is 2. The summed E-state index contributed by atoms with van der Waals surface area (Å²) < 4.78 is 0. The highest BCUT2D eigenvalue weighted by molar-refractivity contribution is 5.81. The Morgan fingerprint density at radius 2 is 2.33 bits per heavy atom. The van der Waals surface area contributed by atoms with Crippen molar-refractivity contribution in [3.05, 3.63) is 30.1 Å². The third-order valence-corrected chi connectivity index (χ3v) is 3.12. The minimum atomic E-state index is -0.225. The van der Waals surface area contributed by atoms with Crippen LogP contribution in [0.15, 0.2) is 24.4 Å². The third kappa shape index (κ3) is 2.53. The minimum Gasteiger partial charge on any atom is -0.348 e. The van der Waals surface area contributed by atoms with E-state index in [1.54, 1.807) is 19.4 Å². The van der Waals surface area contributed by atoms with Crippen LogP contribution in [-0.4, -0.2) is 38.9 Å². The summed E-state index contributed by atoms with van der Waals surface area (Å²) in [5, 5.41) is 3.80. The van der Waals surface area contributed by atoms with Gasteiger partial charge in [0, 0.05) is 37.3 Å². The summed E-state index contributed by atoms with van der Waals surface area (Å²) in [4.78, 5) is 18.8. The van der Waals surface area contributed by atoms with Gasteiger partial charge in [0.1, 0.15) is 6.04 Å². The molecule has 0 spiro atoms. The van der Waals surface area contributed by atoms with Gasteiger partial charge in [-0.05, 0) is 13.3 Å². The van der Waals surface area contributed by atoms with Crippen molar-refractivity contribution in [2.45, 2.75) is 32.7 Å². The monoisotopic (exact) mass is 249 g/mol. The van der Waals surface area contributed by atoms with Crippen LogP contribution < -0.4 is 5.53 Å². The second kappa shape index (κ2) is 5.22. The summed E-state index contributed by atoms with van der Waals surface area (Å²) >= 11 is 0. The molecule has 1 aliphatic rings. The summed E-state index contributed by atoms with van der Waals surface area (Å²) in [5.41, 5.74) is 5.28. The van der Waals surface area contributed by atoms with E-state index in [1.165, 1.54) is 0 Å². The molecule has 2 rings (SSSR count). The van der Waals surface area contributed by atoms with Gasteiger partial charge in [-0.3, -0.25) is 14.8 Å². The smallest absolute Gasteiger partial charge is 0.154 e. The van der Waals surface area contributed by atoms with Gasteiger partial charge in [0.2, 0.25) is 0 Å². The molecule has 1 aromatic rings. The van der Waals surface area contributed by atoms with Crippen LogP contribution in [0.4, 0.5) is 0 Å². The zero-order valence-corrected chi connectivity index (χ0v) is 11.0. The number of imidazole rings is 1. The maximum absolute atomic E-state index is 11.8. The first kappa shape index (κ1) is 12.6. The largest absolute Gasteiger partial charge is 0.348 e. The molecule has 1 atom stereocenters. The number of hydrazine groups is 2. The van der Waals surface area contributed by atoms with Crippen molar-refractivity contribution in [1.82, 2.24) is 25.5 Å². The number of hydrogen-bond acceptors (Lipinski definition) is 5. The number of aromatic amines is 1. The first-order chi connectivity index (χ1) is 8.61. The Kier molecular flexibility index (Phi) is 3.66. The van der Waals surface area contributed by atoms with Crippen LogP contribution in [0.25, 0.3) is 0 Å². The SMILES string of the molecule is CCC1=CN([C@@H](Cc2cnc[nH]2)C(C)=O)NN1C. The van der Waals surface area contributed by atoms with Crippen LogP contribution in [-0.2, 0) is 11.2 Å². The van der Waals surface area contributed by atoms with E-state index in [0.717, 1.165) is 17.8 Å². The lowest BCUT2D eigenvalue weighted by molar-refractivity contribution is -0.122. The Morgan fingerprint density at radius 3 is 2.83 bits per heavy atom. The van der Waals surface area contributed by atoms with Crippen LogP contribution in [0.5, 0.6) is 0 Å². The summed E-state index contributed by atoms with van der Waals surface area (Å²) in [6.45, 7) is 3.70. The summed E-state index contributed by atoms with van der Waals surface area (Å²) in [7, 11) is 1.95. The van der Waals surface area contributed by atoms with E-state index in [4.69, 9.17) is 0 Å². The van der Waals surface area contributed by atoms with Crippen LogP contribution in [0, 0.1) is 0 Å². The fourth-order valence-corrected chi connectivity index (χ4v) is 2.04. The first-order valence-corrected chi connectivity index (χ1v) is 6.08. The predicted octanol–water partition coefficient (Wildman–Crippen LogP) is 0.828.